The second-order valence-electron chi connectivity index (χ2n) is 5.15. The molecule has 1 unspecified atom stereocenters. The third-order valence-corrected chi connectivity index (χ3v) is 3.70. The second kappa shape index (κ2) is 5.48. The largest absolute Gasteiger partial charge is 0.316 e. The first-order chi connectivity index (χ1) is 9.33. The van der Waals surface area contributed by atoms with E-state index in [0.29, 0.717) is 12.5 Å². The molecule has 0 saturated carbocycles. The molecule has 100 valence electrons. The maximum atomic E-state index is 4.52. The van der Waals surface area contributed by atoms with Crippen LogP contribution in [-0.2, 0) is 6.54 Å². The summed E-state index contributed by atoms with van der Waals surface area (Å²) in [5.74, 6) is 1.29. The van der Waals surface area contributed by atoms with Gasteiger partial charge in [-0.3, -0.25) is 0 Å². The zero-order valence-corrected chi connectivity index (χ0v) is 11.2. The molecule has 5 nitrogen and oxygen atoms in total. The van der Waals surface area contributed by atoms with Crippen molar-refractivity contribution < 1.29 is 0 Å². The molecule has 1 aromatic heterocycles. The van der Waals surface area contributed by atoms with Gasteiger partial charge in [-0.25, -0.2) is 0 Å². The Balaban J connectivity index is 1.73. The topological polar surface area (TPSA) is 55.6 Å². The number of aryl methyl sites for hydroxylation is 1. The minimum absolute atomic E-state index is 0.416. The zero-order valence-electron chi connectivity index (χ0n) is 11.2. The predicted octanol–water partition coefficient (Wildman–Crippen LogP) is 1.50. The van der Waals surface area contributed by atoms with Gasteiger partial charge in [0.1, 0.15) is 0 Å². The fourth-order valence-electron chi connectivity index (χ4n) is 2.50. The molecule has 0 radical (unpaired) electrons. The van der Waals surface area contributed by atoms with Crippen LogP contribution in [0.5, 0.6) is 0 Å². The van der Waals surface area contributed by atoms with Crippen LogP contribution in [0.25, 0.3) is 0 Å². The highest BCUT2D eigenvalue weighted by molar-refractivity contribution is 5.25. The van der Waals surface area contributed by atoms with Gasteiger partial charge in [0.2, 0.25) is 0 Å². The van der Waals surface area contributed by atoms with Gasteiger partial charge in [-0.2, -0.15) is 4.80 Å². The molecule has 1 atom stereocenters. The summed E-state index contributed by atoms with van der Waals surface area (Å²) in [7, 11) is 0. The lowest BCUT2D eigenvalue weighted by atomic mass is 9.99. The van der Waals surface area contributed by atoms with Crippen LogP contribution >= 0.6 is 0 Å². The fraction of sp³-hybridized carbons (Fsp3) is 0.500. The molecular weight excluding hydrogens is 238 g/mol. The van der Waals surface area contributed by atoms with Gasteiger partial charge in [-0.15, -0.1) is 10.2 Å². The van der Waals surface area contributed by atoms with Gasteiger partial charge in [-0.05, 0) is 42.7 Å². The van der Waals surface area contributed by atoms with Crippen LogP contribution in [0.15, 0.2) is 24.3 Å². The summed E-state index contributed by atoms with van der Waals surface area (Å²) in [6.45, 7) is 4.88. The Morgan fingerprint density at radius 3 is 3.05 bits per heavy atom. The van der Waals surface area contributed by atoms with Crippen molar-refractivity contribution in [3.8, 4) is 0 Å². The number of piperidine rings is 1. The summed E-state index contributed by atoms with van der Waals surface area (Å²) in [5.41, 5.74) is 2.51. The van der Waals surface area contributed by atoms with Crippen molar-refractivity contribution >= 4 is 0 Å². The minimum Gasteiger partial charge on any atom is -0.316 e. The summed E-state index contributed by atoms with van der Waals surface area (Å²) in [6.07, 6.45) is 2.35. The van der Waals surface area contributed by atoms with E-state index in [1.807, 2.05) is 12.1 Å². The molecule has 1 N–H and O–H groups in total. The molecule has 1 saturated heterocycles. The number of benzene rings is 1. The second-order valence-corrected chi connectivity index (χ2v) is 5.15. The van der Waals surface area contributed by atoms with Gasteiger partial charge in [-0.1, -0.05) is 24.3 Å². The SMILES string of the molecule is Cc1ccccc1Cn1nnc(C2CCCNC2)n1. The van der Waals surface area contributed by atoms with Crippen molar-refractivity contribution in [3.63, 3.8) is 0 Å². The standard InChI is InChI=1S/C14H19N5/c1-11-5-2-3-6-13(11)10-19-17-14(16-18-19)12-7-4-8-15-9-12/h2-3,5-6,12,15H,4,7-10H2,1H3. The number of rotatable bonds is 3. The average molecular weight is 257 g/mol. The molecule has 1 fully saturated rings. The van der Waals surface area contributed by atoms with Crippen molar-refractivity contribution in [2.45, 2.75) is 32.2 Å². The van der Waals surface area contributed by atoms with Gasteiger partial charge >= 0.3 is 0 Å². The molecule has 19 heavy (non-hydrogen) atoms. The first-order valence-electron chi connectivity index (χ1n) is 6.86. The maximum Gasteiger partial charge on any atom is 0.179 e. The van der Waals surface area contributed by atoms with E-state index in [9.17, 15) is 0 Å². The number of hydrogen-bond acceptors (Lipinski definition) is 4. The van der Waals surface area contributed by atoms with Crippen LogP contribution in [0.3, 0.4) is 0 Å². The normalized spacial score (nSPS) is 19.5. The molecule has 2 heterocycles. The number of tetrazole rings is 1. The number of nitrogens with one attached hydrogen (secondary N) is 1. The maximum absolute atomic E-state index is 4.52. The third kappa shape index (κ3) is 2.81. The monoisotopic (exact) mass is 257 g/mol. The van der Waals surface area contributed by atoms with Crippen LogP contribution < -0.4 is 5.32 Å². The van der Waals surface area contributed by atoms with Crippen LogP contribution in [-0.4, -0.2) is 33.3 Å². The molecule has 1 aliphatic heterocycles. The smallest absolute Gasteiger partial charge is 0.179 e. The minimum atomic E-state index is 0.416. The molecule has 0 amide bonds. The van der Waals surface area contributed by atoms with E-state index in [1.165, 1.54) is 17.5 Å². The van der Waals surface area contributed by atoms with E-state index in [2.05, 4.69) is 39.8 Å². The molecule has 0 spiro atoms. The Labute approximate surface area is 113 Å². The van der Waals surface area contributed by atoms with Crippen molar-refractivity contribution in [1.82, 2.24) is 25.5 Å². The quantitative estimate of drug-likeness (QED) is 0.905. The Morgan fingerprint density at radius 2 is 2.26 bits per heavy atom. The number of aromatic nitrogens is 4. The third-order valence-electron chi connectivity index (χ3n) is 3.70. The van der Waals surface area contributed by atoms with Crippen LogP contribution in [0, 0.1) is 6.92 Å². The van der Waals surface area contributed by atoms with E-state index < -0.39 is 0 Å². The Morgan fingerprint density at radius 1 is 1.37 bits per heavy atom. The molecule has 1 aliphatic rings. The highest BCUT2D eigenvalue weighted by Crippen LogP contribution is 2.19. The number of nitrogens with zero attached hydrogens (tertiary/aromatic N) is 4. The summed E-state index contributed by atoms with van der Waals surface area (Å²) in [6, 6.07) is 8.32. The molecule has 0 aliphatic carbocycles. The molecule has 5 heteroatoms. The lowest BCUT2D eigenvalue weighted by molar-refractivity contribution is 0.444. The fourth-order valence-corrected chi connectivity index (χ4v) is 2.50. The van der Waals surface area contributed by atoms with Gasteiger partial charge in [0.05, 0.1) is 6.54 Å². The van der Waals surface area contributed by atoms with E-state index in [4.69, 9.17) is 0 Å². The van der Waals surface area contributed by atoms with Gasteiger partial charge in [0.25, 0.3) is 0 Å². The highest BCUT2D eigenvalue weighted by Gasteiger charge is 2.19. The Bertz CT molecular complexity index is 542. The summed E-state index contributed by atoms with van der Waals surface area (Å²) < 4.78 is 0. The molecule has 2 aromatic rings. The summed E-state index contributed by atoms with van der Waals surface area (Å²) in [5, 5.41) is 16.3. The highest BCUT2D eigenvalue weighted by atomic mass is 15.6. The van der Waals surface area contributed by atoms with Gasteiger partial charge < -0.3 is 5.32 Å². The van der Waals surface area contributed by atoms with E-state index >= 15 is 0 Å². The lowest BCUT2D eigenvalue weighted by Gasteiger charge is -2.19. The van der Waals surface area contributed by atoms with Crippen molar-refractivity contribution in [2.24, 2.45) is 0 Å². The summed E-state index contributed by atoms with van der Waals surface area (Å²) >= 11 is 0. The first-order valence-corrected chi connectivity index (χ1v) is 6.86. The summed E-state index contributed by atoms with van der Waals surface area (Å²) in [4.78, 5) is 1.70. The van der Waals surface area contributed by atoms with E-state index in [-0.39, 0.29) is 0 Å². The zero-order chi connectivity index (χ0) is 13.1. The first kappa shape index (κ1) is 12.3. The molecule has 0 bridgehead atoms. The molecular formula is C14H19N5. The molecule has 3 rings (SSSR count). The predicted molar refractivity (Wildman–Crippen MR) is 72.9 cm³/mol. The van der Waals surface area contributed by atoms with Crippen molar-refractivity contribution in [2.75, 3.05) is 13.1 Å². The average Bonchev–Trinajstić information content (AvgIpc) is 2.91. The Kier molecular flexibility index (Phi) is 3.55. The van der Waals surface area contributed by atoms with Gasteiger partial charge in [0.15, 0.2) is 5.82 Å². The van der Waals surface area contributed by atoms with Crippen LogP contribution in [0.1, 0.15) is 35.7 Å². The van der Waals surface area contributed by atoms with Crippen molar-refractivity contribution in [1.29, 1.82) is 0 Å². The van der Waals surface area contributed by atoms with E-state index in [1.54, 1.807) is 4.80 Å². The van der Waals surface area contributed by atoms with Crippen LogP contribution in [0.2, 0.25) is 0 Å². The van der Waals surface area contributed by atoms with Gasteiger partial charge in [0, 0.05) is 12.5 Å². The lowest BCUT2D eigenvalue weighted by Crippen LogP contribution is -2.29. The molecule has 1 aromatic carbocycles. The van der Waals surface area contributed by atoms with E-state index in [0.717, 1.165) is 25.3 Å². The van der Waals surface area contributed by atoms with Crippen molar-refractivity contribution in [3.05, 3.63) is 41.2 Å². The van der Waals surface area contributed by atoms with Crippen LogP contribution in [0.4, 0.5) is 0 Å². The Hall–Kier alpha value is -1.75. The number of hydrogen-bond donors (Lipinski definition) is 1.